The van der Waals surface area contributed by atoms with Gasteiger partial charge in [0.15, 0.2) is 0 Å². The van der Waals surface area contributed by atoms with E-state index in [1.807, 2.05) is 32.0 Å². The molecule has 33 heavy (non-hydrogen) atoms. The number of allylic oxidation sites excluding steroid dienone is 2. The van der Waals surface area contributed by atoms with E-state index >= 15 is 0 Å². The molecule has 2 aromatic carbocycles. The van der Waals surface area contributed by atoms with Gasteiger partial charge in [-0.25, -0.2) is 0 Å². The predicted octanol–water partition coefficient (Wildman–Crippen LogP) is 4.61. The highest BCUT2D eigenvalue weighted by molar-refractivity contribution is 6.34. The van der Waals surface area contributed by atoms with Gasteiger partial charge in [0.05, 0.1) is 22.4 Å². The summed E-state index contributed by atoms with van der Waals surface area (Å²) in [6.45, 7) is 3.82. The predicted molar refractivity (Wildman–Crippen MR) is 126 cm³/mol. The first kappa shape index (κ1) is 20.7. The number of hydrogen-bond acceptors (Lipinski definition) is 3. The molecule has 7 rings (SSSR count). The van der Waals surface area contributed by atoms with Gasteiger partial charge < -0.3 is 0 Å². The quantitative estimate of drug-likeness (QED) is 0.494. The van der Waals surface area contributed by atoms with Crippen LogP contribution >= 0.6 is 11.6 Å². The number of benzene rings is 2. The minimum atomic E-state index is -0.327. The lowest BCUT2D eigenvalue weighted by atomic mass is 9.63. The van der Waals surface area contributed by atoms with Crippen LogP contribution in [0.1, 0.15) is 27.9 Å². The lowest BCUT2D eigenvalue weighted by Crippen LogP contribution is -2.45. The number of carbonyl (C=O) groups excluding carboxylic acids is 3. The van der Waals surface area contributed by atoms with Gasteiger partial charge in [-0.3, -0.25) is 24.2 Å². The monoisotopic (exact) mass is 460 g/mol. The van der Waals surface area contributed by atoms with E-state index in [1.54, 1.807) is 24.3 Å². The maximum absolute atomic E-state index is 13.7. The number of carbonyl (C=O) groups is 3. The Labute approximate surface area is 198 Å². The van der Waals surface area contributed by atoms with Crippen LogP contribution in [0.15, 0.2) is 54.6 Å². The van der Waals surface area contributed by atoms with Crippen molar-refractivity contribution in [1.29, 1.82) is 0 Å². The zero-order valence-corrected chi connectivity index (χ0v) is 19.3. The third-order valence-corrected chi connectivity index (χ3v) is 8.36. The molecular weight excluding hydrogens is 436 g/mol. The number of imide groups is 1. The summed E-state index contributed by atoms with van der Waals surface area (Å²) in [7, 11) is 0. The smallest absolute Gasteiger partial charge is 0.261 e. The van der Waals surface area contributed by atoms with Crippen molar-refractivity contribution in [3.8, 4) is 0 Å². The highest BCUT2D eigenvalue weighted by Gasteiger charge is 2.67. The molecule has 3 amide bonds. The van der Waals surface area contributed by atoms with Crippen LogP contribution in [-0.2, 0) is 9.59 Å². The molecule has 0 aromatic heterocycles. The van der Waals surface area contributed by atoms with Crippen LogP contribution in [0.25, 0.3) is 0 Å². The Kier molecular flexibility index (Phi) is 4.57. The topological polar surface area (TPSA) is 57.7 Å². The number of rotatable bonds is 4. The number of aryl methyl sites for hydroxylation is 2. The Morgan fingerprint density at radius 2 is 1.64 bits per heavy atom. The van der Waals surface area contributed by atoms with Gasteiger partial charge in [0.25, 0.3) is 5.91 Å². The molecule has 0 radical (unpaired) electrons. The molecule has 5 nitrogen and oxygen atoms in total. The average Bonchev–Trinajstić information content (AvgIpc) is 3.58. The summed E-state index contributed by atoms with van der Waals surface area (Å²) in [5, 5.41) is 0.340. The van der Waals surface area contributed by atoms with E-state index in [9.17, 15) is 14.4 Å². The summed E-state index contributed by atoms with van der Waals surface area (Å²) in [4.78, 5) is 43.6. The van der Waals surface area contributed by atoms with Crippen molar-refractivity contribution in [3.05, 3.63) is 76.3 Å². The number of hydrogen-bond donors (Lipinski definition) is 0. The molecule has 4 aliphatic carbocycles. The first-order valence-corrected chi connectivity index (χ1v) is 11.9. The minimum absolute atomic E-state index is 0.104. The average molecular weight is 461 g/mol. The molecule has 5 aliphatic rings. The molecular formula is C27H25ClN2O3. The number of anilines is 1. The zero-order valence-electron chi connectivity index (χ0n) is 18.6. The molecule has 1 aliphatic heterocycles. The molecule has 2 saturated carbocycles. The summed E-state index contributed by atoms with van der Waals surface area (Å²) >= 11 is 6.35. The minimum Gasteiger partial charge on any atom is -0.289 e. The van der Waals surface area contributed by atoms with Gasteiger partial charge in [0.2, 0.25) is 11.8 Å². The number of halogens is 1. The summed E-state index contributed by atoms with van der Waals surface area (Å²) in [6, 6.07) is 12.7. The van der Waals surface area contributed by atoms with Crippen LogP contribution < -0.4 is 4.90 Å². The molecule has 1 saturated heterocycles. The standard InChI is InChI=1S/C27H25ClN2O3/c1-14-7-10-22(15(2)11-14)29(25(31)18-5-3-4-6-21(18)28)13-30-26(32)23-16-8-9-17(20-12-19(16)20)24(23)27(30)33/h3-11,16-17,19-20,23-24H,12-13H2,1-2H3. The maximum atomic E-state index is 13.7. The highest BCUT2D eigenvalue weighted by atomic mass is 35.5. The van der Waals surface area contributed by atoms with Gasteiger partial charge >= 0.3 is 0 Å². The first-order valence-electron chi connectivity index (χ1n) is 11.5. The largest absolute Gasteiger partial charge is 0.289 e. The lowest BCUT2D eigenvalue weighted by Gasteiger charge is -2.37. The van der Waals surface area contributed by atoms with Crippen LogP contribution in [0.2, 0.25) is 5.02 Å². The molecule has 6 unspecified atom stereocenters. The maximum Gasteiger partial charge on any atom is 0.261 e. The molecule has 0 N–H and O–H groups in total. The molecule has 1 heterocycles. The molecule has 2 bridgehead atoms. The highest BCUT2D eigenvalue weighted by Crippen LogP contribution is 2.65. The summed E-state index contributed by atoms with van der Waals surface area (Å²) in [5.74, 6) is 0.206. The number of amides is 3. The van der Waals surface area contributed by atoms with Gasteiger partial charge in [-0.2, -0.15) is 0 Å². The van der Waals surface area contributed by atoms with Crippen molar-refractivity contribution < 1.29 is 14.4 Å². The van der Waals surface area contributed by atoms with Crippen molar-refractivity contribution in [2.75, 3.05) is 11.6 Å². The Hall–Kier alpha value is -2.92. The van der Waals surface area contributed by atoms with E-state index in [1.165, 1.54) is 9.80 Å². The normalized spacial score (nSPS) is 30.9. The fourth-order valence-electron chi connectivity index (χ4n) is 6.44. The van der Waals surface area contributed by atoms with E-state index in [2.05, 4.69) is 12.2 Å². The lowest BCUT2D eigenvalue weighted by molar-refractivity contribution is -0.140. The molecule has 6 heteroatoms. The molecule has 3 fully saturated rings. The fourth-order valence-corrected chi connectivity index (χ4v) is 6.65. The zero-order chi connectivity index (χ0) is 23.0. The van der Waals surface area contributed by atoms with Crippen LogP contribution in [0.3, 0.4) is 0 Å². The second-order valence-electron chi connectivity index (χ2n) is 9.90. The summed E-state index contributed by atoms with van der Waals surface area (Å²) in [6.07, 6.45) is 5.44. The second-order valence-corrected chi connectivity index (χ2v) is 10.3. The van der Waals surface area contributed by atoms with E-state index in [-0.39, 0.29) is 48.1 Å². The van der Waals surface area contributed by atoms with Crippen molar-refractivity contribution in [1.82, 2.24) is 4.90 Å². The fraction of sp³-hybridized carbons (Fsp3) is 0.370. The SMILES string of the molecule is Cc1ccc(N(CN2C(=O)C3C4C=CC(C5CC45)C3C2=O)C(=O)c2ccccc2Cl)c(C)c1. The molecule has 6 atom stereocenters. The van der Waals surface area contributed by atoms with Crippen molar-refractivity contribution in [2.45, 2.75) is 20.3 Å². The van der Waals surface area contributed by atoms with Crippen molar-refractivity contribution >= 4 is 35.0 Å². The molecule has 0 spiro atoms. The Morgan fingerprint density at radius 1 is 1.00 bits per heavy atom. The Bertz CT molecular complexity index is 1200. The number of likely N-dealkylation sites (tertiary alicyclic amines) is 1. The van der Waals surface area contributed by atoms with Crippen molar-refractivity contribution in [2.24, 2.45) is 35.5 Å². The van der Waals surface area contributed by atoms with Crippen molar-refractivity contribution in [3.63, 3.8) is 0 Å². The first-order chi connectivity index (χ1) is 15.9. The van der Waals surface area contributed by atoms with E-state index < -0.39 is 0 Å². The van der Waals surface area contributed by atoms with Crippen LogP contribution in [-0.4, -0.2) is 29.3 Å². The summed E-state index contributed by atoms with van der Waals surface area (Å²) < 4.78 is 0. The van der Waals surface area contributed by atoms with E-state index in [0.717, 1.165) is 17.5 Å². The van der Waals surface area contributed by atoms with Gasteiger partial charge in [-0.15, -0.1) is 0 Å². The van der Waals surface area contributed by atoms with Gasteiger partial charge in [0.1, 0.15) is 6.67 Å². The van der Waals surface area contributed by atoms with Gasteiger partial charge in [-0.05, 0) is 67.7 Å². The van der Waals surface area contributed by atoms with Crippen LogP contribution in [0.4, 0.5) is 5.69 Å². The third-order valence-electron chi connectivity index (χ3n) is 8.03. The van der Waals surface area contributed by atoms with E-state index in [4.69, 9.17) is 11.6 Å². The van der Waals surface area contributed by atoms with Crippen LogP contribution in [0, 0.1) is 49.4 Å². The van der Waals surface area contributed by atoms with E-state index in [0.29, 0.717) is 28.1 Å². The number of nitrogens with zero attached hydrogens (tertiary/aromatic N) is 2. The Morgan fingerprint density at radius 3 is 2.24 bits per heavy atom. The van der Waals surface area contributed by atoms with Crippen LogP contribution in [0.5, 0.6) is 0 Å². The summed E-state index contributed by atoms with van der Waals surface area (Å²) in [5.41, 5.74) is 2.99. The molecule has 2 aromatic rings. The third kappa shape index (κ3) is 3.02. The molecule has 168 valence electrons. The Balaban J connectivity index is 1.38. The van der Waals surface area contributed by atoms with Gasteiger partial charge in [-0.1, -0.05) is 53.6 Å². The van der Waals surface area contributed by atoms with Gasteiger partial charge in [0, 0.05) is 5.69 Å². The second kappa shape index (κ2) is 7.29.